The number of rotatable bonds is 4. The molecule has 0 aliphatic carbocycles. The van der Waals surface area contributed by atoms with Crippen LogP contribution in [0.4, 0.5) is 0 Å². The molecule has 142 valence electrons. The van der Waals surface area contributed by atoms with E-state index in [-0.39, 0.29) is 5.16 Å². The van der Waals surface area contributed by atoms with Crippen molar-refractivity contribution in [1.82, 2.24) is 4.57 Å². The van der Waals surface area contributed by atoms with Crippen LogP contribution in [0.15, 0.2) is 61.2 Å². The van der Waals surface area contributed by atoms with Gasteiger partial charge in [-0.3, -0.25) is 0 Å². The number of hydrogen-bond donors (Lipinski definition) is 0. The van der Waals surface area contributed by atoms with E-state index in [9.17, 15) is 0 Å². The number of hydrogen-bond acceptors (Lipinski definition) is 0. The molecule has 0 unspecified atom stereocenters. The van der Waals surface area contributed by atoms with Gasteiger partial charge in [-0.1, -0.05) is 0 Å². The predicted molar refractivity (Wildman–Crippen MR) is 123 cm³/mol. The molecule has 2 aromatic carbocycles. The maximum atomic E-state index is 2.52. The van der Waals surface area contributed by atoms with Crippen LogP contribution in [0.5, 0.6) is 0 Å². The van der Waals surface area contributed by atoms with Crippen LogP contribution in [-0.2, 0) is 6.29 Å². The summed E-state index contributed by atoms with van der Waals surface area (Å²) < 4.78 is 4.68. The first-order valence-electron chi connectivity index (χ1n) is 9.82. The van der Waals surface area contributed by atoms with Gasteiger partial charge in [0.2, 0.25) is 0 Å². The zero-order chi connectivity index (χ0) is 19.8. The van der Waals surface area contributed by atoms with Crippen LogP contribution >= 0.6 is 7.14 Å². The Balaban J connectivity index is 1.99. The molecule has 0 bridgehead atoms. The van der Waals surface area contributed by atoms with E-state index in [1.54, 1.807) is 0 Å². The van der Waals surface area contributed by atoms with Crippen molar-refractivity contribution in [2.75, 3.05) is 0 Å². The molecule has 0 fully saturated rings. The van der Waals surface area contributed by atoms with Gasteiger partial charge in [0.15, 0.2) is 0 Å². The molecule has 1 heterocycles. The summed E-state index contributed by atoms with van der Waals surface area (Å²) in [4.78, 5) is 0. The van der Waals surface area contributed by atoms with Crippen molar-refractivity contribution in [3.05, 3.63) is 77.9 Å². The molecular formula is C23H33BN2P+. The van der Waals surface area contributed by atoms with E-state index >= 15 is 0 Å². The van der Waals surface area contributed by atoms with E-state index in [1.165, 1.54) is 27.7 Å². The second-order valence-corrected chi connectivity index (χ2v) is 14.2. The van der Waals surface area contributed by atoms with Crippen LogP contribution in [0.3, 0.4) is 0 Å². The first kappa shape index (κ1) is 19.9. The Labute approximate surface area is 166 Å². The van der Waals surface area contributed by atoms with E-state index in [4.69, 9.17) is 0 Å². The summed E-state index contributed by atoms with van der Waals surface area (Å²) in [5, 5.41) is 1.81. The van der Waals surface area contributed by atoms with E-state index in [0.29, 0.717) is 0 Å². The monoisotopic (exact) mass is 379 g/mol. The molecule has 0 atom stereocenters. The normalized spacial score (nSPS) is 13.0. The molecule has 0 N–H and O–H groups in total. The maximum absolute atomic E-state index is 2.52. The Kier molecular flexibility index (Phi) is 5.37. The number of aromatic nitrogens is 2. The molecule has 4 heteroatoms. The van der Waals surface area contributed by atoms with Gasteiger partial charge in [0.1, 0.15) is 0 Å². The Morgan fingerprint density at radius 1 is 1.00 bits per heavy atom. The van der Waals surface area contributed by atoms with Gasteiger partial charge in [0, 0.05) is 0 Å². The summed E-state index contributed by atoms with van der Waals surface area (Å²) in [5.41, 5.74) is 5.28. The molecular weight excluding hydrogens is 346 g/mol. The van der Waals surface area contributed by atoms with Crippen molar-refractivity contribution in [3.63, 3.8) is 0 Å². The Hall–Kier alpha value is -1.86. The molecule has 3 aromatic rings. The third kappa shape index (κ3) is 3.89. The summed E-state index contributed by atoms with van der Waals surface area (Å²) >= 11 is 0. The number of imidazole rings is 1. The fourth-order valence-electron chi connectivity index (χ4n) is 4.13. The standard InChI is InChI=1S/C23H33BN2P/c1-18-14-19(2)22(20(3)15-18)26-13-12-25(16-26)17-27(24,23(4,5)6)21-10-8-7-9-11-21/h7-16,27H,17,24H2,1-6H3/q+1. The van der Waals surface area contributed by atoms with E-state index in [0.717, 1.165) is 6.29 Å². The van der Waals surface area contributed by atoms with Crippen molar-refractivity contribution in [3.8, 4) is 5.69 Å². The van der Waals surface area contributed by atoms with Gasteiger partial charge in [-0.05, 0) is 0 Å². The second kappa shape index (κ2) is 7.28. The first-order valence-corrected chi connectivity index (χ1v) is 12.5. The molecule has 0 radical (unpaired) electrons. The molecule has 0 aliphatic heterocycles. The fraction of sp³-hybridized carbons (Fsp3) is 0.348. The molecule has 0 spiro atoms. The van der Waals surface area contributed by atoms with Gasteiger partial charge in [-0.15, -0.1) is 0 Å². The fourth-order valence-corrected chi connectivity index (χ4v) is 7.50. The third-order valence-corrected chi connectivity index (χ3v) is 12.1. The van der Waals surface area contributed by atoms with Gasteiger partial charge < -0.3 is 0 Å². The molecule has 0 saturated heterocycles. The molecule has 1 aromatic heterocycles. The molecule has 27 heavy (non-hydrogen) atoms. The predicted octanol–water partition coefficient (Wildman–Crippen LogP) is 4.07. The van der Waals surface area contributed by atoms with Crippen molar-refractivity contribution >= 4 is 20.0 Å². The SMILES string of the molecule is B[PH](Cn1cc[n+](-c2c(C)cc(C)cc2C)c1)(c1ccccc1)C(C)(C)C. The topological polar surface area (TPSA) is 8.81 Å². The third-order valence-electron chi connectivity index (χ3n) is 6.15. The van der Waals surface area contributed by atoms with Gasteiger partial charge in [-0.2, -0.15) is 0 Å². The van der Waals surface area contributed by atoms with Gasteiger partial charge in [0.25, 0.3) is 0 Å². The molecule has 0 amide bonds. The van der Waals surface area contributed by atoms with Crippen LogP contribution in [0.2, 0.25) is 0 Å². The summed E-state index contributed by atoms with van der Waals surface area (Å²) in [6, 6.07) is 15.7. The average Bonchev–Trinajstić information content (AvgIpc) is 3.01. The van der Waals surface area contributed by atoms with Gasteiger partial charge in [0.05, 0.1) is 0 Å². The Morgan fingerprint density at radius 2 is 1.59 bits per heavy atom. The minimum atomic E-state index is -1.74. The quantitative estimate of drug-likeness (QED) is 0.367. The van der Waals surface area contributed by atoms with E-state index in [1.807, 2.05) is 0 Å². The number of benzene rings is 2. The van der Waals surface area contributed by atoms with Crippen LogP contribution in [0.25, 0.3) is 5.69 Å². The van der Waals surface area contributed by atoms with Gasteiger partial charge >= 0.3 is 166 Å². The van der Waals surface area contributed by atoms with Crippen LogP contribution in [0.1, 0.15) is 37.5 Å². The Morgan fingerprint density at radius 3 is 2.15 bits per heavy atom. The van der Waals surface area contributed by atoms with E-state index < -0.39 is 7.14 Å². The summed E-state index contributed by atoms with van der Waals surface area (Å²) in [6.45, 7) is 13.8. The van der Waals surface area contributed by atoms with Crippen molar-refractivity contribution in [2.24, 2.45) is 0 Å². The first-order chi connectivity index (χ1) is 12.6. The molecule has 3 rings (SSSR count). The summed E-state index contributed by atoms with van der Waals surface area (Å²) in [6.07, 6.45) is 7.79. The summed E-state index contributed by atoms with van der Waals surface area (Å²) in [5.74, 6) is 0. The molecule has 2 nitrogen and oxygen atoms in total. The number of nitrogens with zero attached hydrogens (tertiary/aromatic N) is 2. The van der Waals surface area contributed by atoms with Crippen LogP contribution in [0, 0.1) is 20.8 Å². The van der Waals surface area contributed by atoms with Crippen LogP contribution in [-0.4, -0.2) is 17.3 Å². The van der Waals surface area contributed by atoms with Crippen molar-refractivity contribution in [1.29, 1.82) is 0 Å². The Bertz CT molecular complexity index is 918. The summed E-state index contributed by atoms with van der Waals surface area (Å²) in [7, 11) is 0.781. The second-order valence-electron chi connectivity index (χ2n) is 9.19. The zero-order valence-electron chi connectivity index (χ0n) is 17.9. The van der Waals surface area contributed by atoms with Crippen molar-refractivity contribution in [2.45, 2.75) is 53.0 Å². The minimum absolute atomic E-state index is 0.277. The van der Waals surface area contributed by atoms with Crippen molar-refractivity contribution < 1.29 is 4.57 Å². The average molecular weight is 379 g/mol. The molecule has 0 saturated carbocycles. The molecule has 0 aliphatic rings. The van der Waals surface area contributed by atoms with Crippen LogP contribution < -0.4 is 9.87 Å². The zero-order valence-corrected chi connectivity index (χ0v) is 18.9. The number of aryl methyl sites for hydroxylation is 3. The van der Waals surface area contributed by atoms with Gasteiger partial charge in [-0.25, -0.2) is 0 Å². The van der Waals surface area contributed by atoms with E-state index in [2.05, 4.69) is 119 Å².